The molecule has 0 aromatic heterocycles. The number of phosphoric ester groups is 2. The Kier molecular flexibility index (Phi) is 58.0. The fourth-order valence-electron chi connectivity index (χ4n) is 10.1. The first-order chi connectivity index (χ1) is 41.4. The van der Waals surface area contributed by atoms with E-state index in [2.05, 4.69) is 41.5 Å². The minimum Gasteiger partial charge on any atom is -0.462 e. The Labute approximate surface area is 524 Å². The molecule has 0 rings (SSSR count). The maximum absolute atomic E-state index is 13.0. The van der Waals surface area contributed by atoms with E-state index in [9.17, 15) is 43.2 Å². The zero-order chi connectivity index (χ0) is 63.6. The molecule has 86 heavy (non-hydrogen) atoms. The number of carbonyl (C=O) groups is 4. The van der Waals surface area contributed by atoms with Crippen molar-refractivity contribution >= 4 is 39.5 Å². The highest BCUT2D eigenvalue weighted by atomic mass is 31.2. The van der Waals surface area contributed by atoms with Crippen LogP contribution in [0, 0.1) is 11.8 Å². The van der Waals surface area contributed by atoms with Crippen LogP contribution in [0.4, 0.5) is 0 Å². The van der Waals surface area contributed by atoms with Crippen molar-refractivity contribution in [3.8, 4) is 0 Å². The highest BCUT2D eigenvalue weighted by Crippen LogP contribution is 2.45. The third-order valence-corrected chi connectivity index (χ3v) is 17.4. The van der Waals surface area contributed by atoms with Crippen LogP contribution in [0.3, 0.4) is 0 Å². The molecule has 0 saturated carbocycles. The number of rotatable bonds is 66. The Balaban J connectivity index is 5.15. The van der Waals surface area contributed by atoms with Gasteiger partial charge in [-0.1, -0.05) is 286 Å². The summed E-state index contributed by atoms with van der Waals surface area (Å²) in [6.45, 7) is 9.36. The molecule has 19 heteroatoms. The van der Waals surface area contributed by atoms with Gasteiger partial charge >= 0.3 is 39.5 Å². The summed E-state index contributed by atoms with van der Waals surface area (Å²) in [6.07, 6.45) is 43.6. The van der Waals surface area contributed by atoms with Gasteiger partial charge in [-0.2, -0.15) is 0 Å². The Hall–Kier alpha value is -1.94. The normalized spacial score (nSPS) is 14.2. The molecule has 0 aliphatic rings. The lowest BCUT2D eigenvalue weighted by Crippen LogP contribution is -2.30. The van der Waals surface area contributed by atoms with E-state index in [0.717, 1.165) is 102 Å². The average Bonchev–Trinajstić information content (AvgIpc) is 3.63. The maximum Gasteiger partial charge on any atom is 0.472 e. The van der Waals surface area contributed by atoms with Crippen LogP contribution in [-0.4, -0.2) is 96.7 Å². The van der Waals surface area contributed by atoms with Crippen molar-refractivity contribution in [2.24, 2.45) is 11.8 Å². The third kappa shape index (κ3) is 60.9. The van der Waals surface area contributed by atoms with Gasteiger partial charge in [0.25, 0.3) is 0 Å². The van der Waals surface area contributed by atoms with Crippen LogP contribution >= 0.6 is 15.6 Å². The molecule has 0 radical (unpaired) electrons. The van der Waals surface area contributed by atoms with Crippen molar-refractivity contribution in [1.29, 1.82) is 0 Å². The molecule has 0 aromatic carbocycles. The van der Waals surface area contributed by atoms with Crippen molar-refractivity contribution < 1.29 is 80.2 Å². The van der Waals surface area contributed by atoms with Gasteiger partial charge in [0.2, 0.25) is 0 Å². The van der Waals surface area contributed by atoms with Gasteiger partial charge in [-0.05, 0) is 37.5 Å². The Morgan fingerprint density at radius 3 is 0.791 bits per heavy atom. The molecule has 3 N–H and O–H groups in total. The molecule has 0 aliphatic heterocycles. The monoisotopic (exact) mass is 1270 g/mol. The Morgan fingerprint density at radius 1 is 0.314 bits per heavy atom. The zero-order valence-corrected chi connectivity index (χ0v) is 57.4. The topological polar surface area (TPSA) is 237 Å². The van der Waals surface area contributed by atoms with Crippen LogP contribution in [-0.2, 0) is 65.4 Å². The molecule has 0 heterocycles. The van der Waals surface area contributed by atoms with Crippen LogP contribution in [0.15, 0.2) is 0 Å². The van der Waals surface area contributed by atoms with Crippen molar-refractivity contribution in [2.45, 2.75) is 355 Å². The summed E-state index contributed by atoms with van der Waals surface area (Å²) in [4.78, 5) is 72.1. The van der Waals surface area contributed by atoms with E-state index in [4.69, 9.17) is 37.0 Å². The number of hydrogen-bond acceptors (Lipinski definition) is 15. The highest BCUT2D eigenvalue weighted by Gasteiger charge is 2.30. The SMILES string of the molecule is CCCCCCCCCCCCCCCCCC(=O)OC[C@H](COP(=O)(O)OC[C@@H](O)COP(=O)(O)OC[C@@H](COC(=O)CCCCCCC)OC(=O)CCCCCCCCC(C)C)OC(=O)CCCCCCCCCCCCCCCCC(C)C. The highest BCUT2D eigenvalue weighted by molar-refractivity contribution is 7.47. The number of ether oxygens (including phenoxy) is 4. The van der Waals surface area contributed by atoms with Crippen molar-refractivity contribution in [1.82, 2.24) is 0 Å². The van der Waals surface area contributed by atoms with Crippen LogP contribution in [0.1, 0.15) is 337 Å². The molecule has 2 unspecified atom stereocenters. The molecular weight excluding hydrogens is 1140 g/mol. The summed E-state index contributed by atoms with van der Waals surface area (Å²) >= 11 is 0. The van der Waals surface area contributed by atoms with Crippen LogP contribution in [0.5, 0.6) is 0 Å². The van der Waals surface area contributed by atoms with E-state index in [1.807, 2.05) is 0 Å². The summed E-state index contributed by atoms with van der Waals surface area (Å²) < 4.78 is 67.9. The van der Waals surface area contributed by atoms with Gasteiger partial charge in [0.15, 0.2) is 12.2 Å². The molecule has 0 bridgehead atoms. The Bertz CT molecular complexity index is 1680. The number of phosphoric acid groups is 2. The fraction of sp³-hybridized carbons (Fsp3) is 0.940. The van der Waals surface area contributed by atoms with E-state index < -0.39 is 97.5 Å². The lowest BCUT2D eigenvalue weighted by atomic mass is 10.0. The summed E-state index contributed by atoms with van der Waals surface area (Å²) in [6, 6.07) is 0. The summed E-state index contributed by atoms with van der Waals surface area (Å²) in [5, 5.41) is 10.5. The molecule has 0 saturated heterocycles. The lowest BCUT2D eigenvalue weighted by molar-refractivity contribution is -0.161. The van der Waals surface area contributed by atoms with Gasteiger partial charge in [-0.3, -0.25) is 37.3 Å². The van der Waals surface area contributed by atoms with Crippen LogP contribution in [0.2, 0.25) is 0 Å². The van der Waals surface area contributed by atoms with Gasteiger partial charge in [-0.15, -0.1) is 0 Å². The third-order valence-electron chi connectivity index (χ3n) is 15.5. The molecule has 0 aromatic rings. The van der Waals surface area contributed by atoms with E-state index in [1.165, 1.54) is 148 Å². The Morgan fingerprint density at radius 2 is 0.535 bits per heavy atom. The average molecular weight is 1270 g/mol. The molecule has 0 fully saturated rings. The summed E-state index contributed by atoms with van der Waals surface area (Å²) in [5.41, 5.74) is 0. The van der Waals surface area contributed by atoms with Crippen molar-refractivity contribution in [3.05, 3.63) is 0 Å². The standard InChI is InChI=1S/C67H130O17P2/c1-7-9-11-13-14-15-16-17-18-22-25-28-31-38-44-50-65(70)78-56-63(83-66(71)51-45-39-32-29-26-23-20-19-21-24-27-30-36-41-47-59(3)4)58-82-86(75,76)80-54-61(68)53-79-85(73,74)81-57-62(55-77-64(69)49-43-35-12-10-8-2)84-67(72)52-46-40-34-33-37-42-48-60(5)6/h59-63,68H,7-58H2,1-6H3,(H,73,74)(H,75,76)/t61-,62+,63+/m0/s1. The van der Waals surface area contributed by atoms with Crippen LogP contribution < -0.4 is 0 Å². The lowest BCUT2D eigenvalue weighted by Gasteiger charge is -2.21. The minimum atomic E-state index is -4.95. The first-order valence-corrected chi connectivity index (χ1v) is 38.0. The van der Waals surface area contributed by atoms with Crippen molar-refractivity contribution in [2.75, 3.05) is 39.6 Å². The van der Waals surface area contributed by atoms with Gasteiger partial charge in [0.05, 0.1) is 26.4 Å². The van der Waals surface area contributed by atoms with E-state index >= 15 is 0 Å². The second kappa shape index (κ2) is 59.4. The fourth-order valence-corrected chi connectivity index (χ4v) is 11.6. The number of esters is 4. The zero-order valence-electron chi connectivity index (χ0n) is 55.6. The first-order valence-electron chi connectivity index (χ1n) is 35.0. The molecular formula is C67H130O17P2. The molecule has 5 atom stereocenters. The number of carbonyl (C=O) groups excluding carboxylic acids is 4. The van der Waals surface area contributed by atoms with Gasteiger partial charge < -0.3 is 33.8 Å². The smallest absolute Gasteiger partial charge is 0.462 e. The molecule has 0 aliphatic carbocycles. The quantitative estimate of drug-likeness (QED) is 0.0222. The number of aliphatic hydroxyl groups is 1. The largest absolute Gasteiger partial charge is 0.472 e. The van der Waals surface area contributed by atoms with E-state index in [-0.39, 0.29) is 25.7 Å². The predicted octanol–water partition coefficient (Wildman–Crippen LogP) is 18.8. The number of unbranched alkanes of at least 4 members (excludes halogenated alkanes) is 36. The summed E-state index contributed by atoms with van der Waals surface area (Å²) in [5.74, 6) is -0.678. The van der Waals surface area contributed by atoms with Crippen LogP contribution in [0.25, 0.3) is 0 Å². The number of aliphatic hydroxyl groups excluding tert-OH is 1. The van der Waals surface area contributed by atoms with Gasteiger partial charge in [0, 0.05) is 25.7 Å². The second-order valence-electron chi connectivity index (χ2n) is 25.2. The van der Waals surface area contributed by atoms with Gasteiger partial charge in [0.1, 0.15) is 19.3 Å². The second-order valence-corrected chi connectivity index (χ2v) is 28.1. The molecule has 0 spiro atoms. The number of hydrogen-bond donors (Lipinski definition) is 3. The van der Waals surface area contributed by atoms with E-state index in [1.54, 1.807) is 0 Å². The molecule has 0 amide bonds. The molecule has 17 nitrogen and oxygen atoms in total. The maximum atomic E-state index is 13.0. The predicted molar refractivity (Wildman–Crippen MR) is 345 cm³/mol. The first kappa shape index (κ1) is 84.1. The van der Waals surface area contributed by atoms with E-state index in [0.29, 0.717) is 31.6 Å². The minimum absolute atomic E-state index is 0.101. The molecule has 510 valence electrons. The summed E-state index contributed by atoms with van der Waals surface area (Å²) in [7, 11) is -9.88. The van der Waals surface area contributed by atoms with Gasteiger partial charge in [-0.25, -0.2) is 9.13 Å². The van der Waals surface area contributed by atoms with Crippen molar-refractivity contribution in [3.63, 3.8) is 0 Å².